The number of nitrogens with zero attached hydrogens (tertiary/aromatic N) is 6. The molecule has 1 aromatic heterocycles. The number of rotatable bonds is 7. The molecule has 1 heterocycles. The van der Waals surface area contributed by atoms with Gasteiger partial charge in [0.1, 0.15) is 6.54 Å². The van der Waals surface area contributed by atoms with Crippen LogP contribution in [0.25, 0.3) is 11.4 Å². The lowest BCUT2D eigenvalue weighted by Crippen LogP contribution is -2.42. The number of benzene rings is 1. The van der Waals surface area contributed by atoms with Crippen molar-refractivity contribution >= 4 is 23.4 Å². The Labute approximate surface area is 151 Å². The number of hydrogen-bond acceptors (Lipinski definition) is 5. The van der Waals surface area contributed by atoms with Crippen molar-refractivity contribution in [1.29, 1.82) is 0 Å². The normalized spacial score (nSPS) is 10.6. The first kappa shape index (κ1) is 18.9. The van der Waals surface area contributed by atoms with Crippen molar-refractivity contribution in [3.63, 3.8) is 0 Å². The Morgan fingerprint density at radius 2 is 1.92 bits per heavy atom. The molecule has 1 aromatic carbocycles. The predicted molar refractivity (Wildman–Crippen MR) is 93.8 cm³/mol. The molecule has 0 atom stereocenters. The standard InChI is InChI=1S/C16H21ClN6O2/c1-4-22(5-2)15(25)10-21(3)14(24)11-23-19-16(18-20-23)12-7-6-8-13(17)9-12/h6-9H,4-5,10-11H2,1-3H3. The molecule has 8 nitrogen and oxygen atoms in total. The van der Waals surface area contributed by atoms with Crippen molar-refractivity contribution in [1.82, 2.24) is 30.0 Å². The fraction of sp³-hybridized carbons (Fsp3) is 0.438. The summed E-state index contributed by atoms with van der Waals surface area (Å²) in [5, 5.41) is 12.6. The summed E-state index contributed by atoms with van der Waals surface area (Å²) in [5.41, 5.74) is 0.719. The molecular formula is C16H21ClN6O2. The van der Waals surface area contributed by atoms with Gasteiger partial charge in [-0.05, 0) is 31.2 Å². The Hall–Kier alpha value is -2.48. The highest BCUT2D eigenvalue weighted by molar-refractivity contribution is 6.30. The summed E-state index contributed by atoms with van der Waals surface area (Å²) in [6, 6.07) is 7.07. The molecular weight excluding hydrogens is 344 g/mol. The van der Waals surface area contributed by atoms with Crippen molar-refractivity contribution in [3.05, 3.63) is 29.3 Å². The van der Waals surface area contributed by atoms with E-state index in [9.17, 15) is 9.59 Å². The van der Waals surface area contributed by atoms with Gasteiger partial charge >= 0.3 is 0 Å². The highest BCUT2D eigenvalue weighted by atomic mass is 35.5. The van der Waals surface area contributed by atoms with Crippen molar-refractivity contribution < 1.29 is 9.59 Å². The Bertz CT molecular complexity index is 744. The minimum absolute atomic E-state index is 0.0242. The summed E-state index contributed by atoms with van der Waals surface area (Å²) < 4.78 is 0. The molecule has 2 aromatic rings. The van der Waals surface area contributed by atoms with Crippen molar-refractivity contribution in [2.24, 2.45) is 0 Å². The van der Waals surface area contributed by atoms with Crippen LogP contribution >= 0.6 is 11.6 Å². The van der Waals surface area contributed by atoms with Crippen LogP contribution in [0.15, 0.2) is 24.3 Å². The lowest BCUT2D eigenvalue weighted by molar-refractivity contribution is -0.139. The van der Waals surface area contributed by atoms with Crippen LogP contribution in [0.1, 0.15) is 13.8 Å². The molecule has 0 aliphatic heterocycles. The largest absolute Gasteiger partial charge is 0.342 e. The van der Waals surface area contributed by atoms with Gasteiger partial charge in [0.05, 0.1) is 6.54 Å². The molecule has 2 rings (SSSR count). The van der Waals surface area contributed by atoms with Crippen LogP contribution in [-0.2, 0) is 16.1 Å². The maximum absolute atomic E-state index is 12.3. The Morgan fingerprint density at radius 1 is 1.20 bits per heavy atom. The van der Waals surface area contributed by atoms with E-state index in [0.717, 1.165) is 5.56 Å². The lowest BCUT2D eigenvalue weighted by Gasteiger charge is -2.22. The van der Waals surface area contributed by atoms with Gasteiger partial charge in [-0.15, -0.1) is 10.2 Å². The molecule has 134 valence electrons. The fourth-order valence-electron chi connectivity index (χ4n) is 2.26. The molecule has 0 spiro atoms. The van der Waals surface area contributed by atoms with Crippen LogP contribution < -0.4 is 0 Å². The van der Waals surface area contributed by atoms with Crippen LogP contribution in [0.4, 0.5) is 0 Å². The minimum Gasteiger partial charge on any atom is -0.342 e. The molecule has 2 amide bonds. The summed E-state index contributed by atoms with van der Waals surface area (Å²) in [6.07, 6.45) is 0. The molecule has 0 unspecified atom stereocenters. The number of hydrogen-bond donors (Lipinski definition) is 0. The van der Waals surface area contributed by atoms with E-state index in [-0.39, 0.29) is 24.9 Å². The van der Waals surface area contributed by atoms with Crippen LogP contribution in [0.3, 0.4) is 0 Å². The number of carbonyl (C=O) groups is 2. The third-order valence-corrected chi connectivity index (χ3v) is 3.96. The van der Waals surface area contributed by atoms with Gasteiger partial charge in [-0.25, -0.2) is 0 Å². The van der Waals surface area contributed by atoms with Crippen molar-refractivity contribution in [2.45, 2.75) is 20.4 Å². The average Bonchev–Trinajstić information content (AvgIpc) is 3.04. The van der Waals surface area contributed by atoms with Gasteiger partial charge < -0.3 is 9.80 Å². The van der Waals surface area contributed by atoms with E-state index in [2.05, 4.69) is 15.4 Å². The molecule has 0 saturated carbocycles. The SMILES string of the molecule is CCN(CC)C(=O)CN(C)C(=O)Cn1nnc(-c2cccc(Cl)c2)n1. The summed E-state index contributed by atoms with van der Waals surface area (Å²) in [5.74, 6) is 0.0275. The lowest BCUT2D eigenvalue weighted by atomic mass is 10.2. The second kappa shape index (κ2) is 8.57. The summed E-state index contributed by atoms with van der Waals surface area (Å²) in [6.45, 7) is 4.97. The molecule has 0 aliphatic rings. The summed E-state index contributed by atoms with van der Waals surface area (Å²) in [7, 11) is 1.58. The average molecular weight is 365 g/mol. The monoisotopic (exact) mass is 364 g/mol. The zero-order valence-electron chi connectivity index (χ0n) is 14.5. The third-order valence-electron chi connectivity index (χ3n) is 3.73. The number of likely N-dealkylation sites (N-methyl/N-ethyl adjacent to an activating group) is 2. The van der Waals surface area contributed by atoms with Crippen LogP contribution in [-0.4, -0.2) is 68.5 Å². The molecule has 0 fully saturated rings. The van der Waals surface area contributed by atoms with Crippen LogP contribution in [0.2, 0.25) is 5.02 Å². The molecule has 9 heteroatoms. The Morgan fingerprint density at radius 3 is 2.56 bits per heavy atom. The summed E-state index contributed by atoms with van der Waals surface area (Å²) >= 11 is 5.95. The molecule has 25 heavy (non-hydrogen) atoms. The van der Waals surface area contributed by atoms with Gasteiger partial charge in [0, 0.05) is 30.7 Å². The number of aromatic nitrogens is 4. The number of carbonyl (C=O) groups excluding carboxylic acids is 2. The highest BCUT2D eigenvalue weighted by Crippen LogP contribution is 2.18. The smallest absolute Gasteiger partial charge is 0.246 e. The molecule has 0 saturated heterocycles. The third kappa shape index (κ3) is 4.99. The van der Waals surface area contributed by atoms with E-state index in [1.807, 2.05) is 19.9 Å². The summed E-state index contributed by atoms with van der Waals surface area (Å²) in [4.78, 5) is 28.6. The van der Waals surface area contributed by atoms with E-state index < -0.39 is 0 Å². The maximum atomic E-state index is 12.3. The van der Waals surface area contributed by atoms with Gasteiger partial charge in [-0.3, -0.25) is 9.59 Å². The fourth-order valence-corrected chi connectivity index (χ4v) is 2.45. The zero-order chi connectivity index (χ0) is 18.4. The van der Waals surface area contributed by atoms with Crippen LogP contribution in [0, 0.1) is 0 Å². The topological polar surface area (TPSA) is 84.2 Å². The number of tetrazole rings is 1. The zero-order valence-corrected chi connectivity index (χ0v) is 15.3. The maximum Gasteiger partial charge on any atom is 0.246 e. The molecule has 0 aliphatic carbocycles. The van der Waals surface area contributed by atoms with Gasteiger partial charge in [0.15, 0.2) is 0 Å². The van der Waals surface area contributed by atoms with Gasteiger partial charge in [-0.1, -0.05) is 23.7 Å². The van der Waals surface area contributed by atoms with Crippen LogP contribution in [0.5, 0.6) is 0 Å². The number of amides is 2. The first-order chi connectivity index (χ1) is 11.9. The van der Waals surface area contributed by atoms with Crippen molar-refractivity contribution in [2.75, 3.05) is 26.7 Å². The Kier molecular flexibility index (Phi) is 6.46. The first-order valence-corrected chi connectivity index (χ1v) is 8.37. The number of halogens is 1. The predicted octanol–water partition coefficient (Wildman–Crippen LogP) is 1.32. The molecule has 0 bridgehead atoms. The first-order valence-electron chi connectivity index (χ1n) is 8.00. The molecule has 0 N–H and O–H groups in total. The van der Waals surface area contributed by atoms with E-state index in [1.165, 1.54) is 9.70 Å². The van der Waals surface area contributed by atoms with E-state index in [4.69, 9.17) is 11.6 Å². The van der Waals surface area contributed by atoms with E-state index in [1.54, 1.807) is 30.1 Å². The van der Waals surface area contributed by atoms with E-state index >= 15 is 0 Å². The second-order valence-electron chi connectivity index (χ2n) is 5.47. The van der Waals surface area contributed by atoms with Gasteiger partial charge in [0.2, 0.25) is 17.6 Å². The Balaban J connectivity index is 1.98. The molecule has 0 radical (unpaired) electrons. The van der Waals surface area contributed by atoms with Crippen molar-refractivity contribution in [3.8, 4) is 11.4 Å². The van der Waals surface area contributed by atoms with Gasteiger partial charge in [-0.2, -0.15) is 4.80 Å². The highest BCUT2D eigenvalue weighted by Gasteiger charge is 2.18. The quantitative estimate of drug-likeness (QED) is 0.739. The second-order valence-corrected chi connectivity index (χ2v) is 5.91. The van der Waals surface area contributed by atoms with Gasteiger partial charge in [0.25, 0.3) is 0 Å². The minimum atomic E-state index is -0.268. The van der Waals surface area contributed by atoms with E-state index in [0.29, 0.717) is 23.9 Å².